The first kappa shape index (κ1) is 15.3. The number of aromatic nitrogens is 5. The van der Waals surface area contributed by atoms with Crippen molar-refractivity contribution in [1.29, 1.82) is 0 Å². The van der Waals surface area contributed by atoms with Crippen LogP contribution >= 0.6 is 0 Å². The Balaban J connectivity index is 1.91. The van der Waals surface area contributed by atoms with Gasteiger partial charge in [-0.2, -0.15) is 4.68 Å². The maximum atomic E-state index is 12.7. The lowest BCUT2D eigenvalue weighted by Crippen LogP contribution is -2.18. The zero-order chi connectivity index (χ0) is 16.3. The lowest BCUT2D eigenvalue weighted by atomic mass is 10.1. The van der Waals surface area contributed by atoms with Gasteiger partial charge in [0.05, 0.1) is 11.4 Å². The number of hydrogen-bond acceptors (Lipinski definition) is 6. The molecule has 2 aromatic heterocycles. The van der Waals surface area contributed by atoms with Crippen LogP contribution in [-0.2, 0) is 9.84 Å². The summed E-state index contributed by atoms with van der Waals surface area (Å²) < 4.78 is 26.6. The molecule has 0 N–H and O–H groups in total. The zero-order valence-corrected chi connectivity index (χ0v) is 13.3. The lowest BCUT2D eigenvalue weighted by molar-refractivity contribution is 0.574. The molecule has 3 aromatic rings. The second-order valence-corrected chi connectivity index (χ2v) is 7.07. The van der Waals surface area contributed by atoms with E-state index in [4.69, 9.17) is 0 Å². The predicted octanol–water partition coefficient (Wildman–Crippen LogP) is 1.63. The van der Waals surface area contributed by atoms with Crippen LogP contribution in [0.25, 0.3) is 5.69 Å². The van der Waals surface area contributed by atoms with E-state index in [-0.39, 0.29) is 16.8 Å². The van der Waals surface area contributed by atoms with Gasteiger partial charge >= 0.3 is 0 Å². The number of benzene rings is 1. The molecule has 8 heteroatoms. The highest BCUT2D eigenvalue weighted by atomic mass is 32.2. The van der Waals surface area contributed by atoms with Crippen LogP contribution in [0.4, 0.5) is 0 Å². The first-order valence-electron chi connectivity index (χ1n) is 7.05. The third-order valence-electron chi connectivity index (χ3n) is 3.38. The van der Waals surface area contributed by atoms with E-state index in [1.54, 1.807) is 42.6 Å². The summed E-state index contributed by atoms with van der Waals surface area (Å²) in [5.41, 5.74) is 1.32. The Morgan fingerprint density at radius 2 is 1.83 bits per heavy atom. The van der Waals surface area contributed by atoms with E-state index in [0.717, 1.165) is 5.69 Å². The Morgan fingerprint density at radius 3 is 2.52 bits per heavy atom. The van der Waals surface area contributed by atoms with E-state index in [1.807, 2.05) is 19.1 Å². The van der Waals surface area contributed by atoms with Crippen LogP contribution in [0.15, 0.2) is 59.9 Å². The highest BCUT2D eigenvalue weighted by Crippen LogP contribution is 2.20. The lowest BCUT2D eigenvalue weighted by Gasteiger charge is -2.11. The fourth-order valence-electron chi connectivity index (χ4n) is 2.26. The number of pyridine rings is 1. The van der Waals surface area contributed by atoms with Gasteiger partial charge in [-0.05, 0) is 34.7 Å². The van der Waals surface area contributed by atoms with Crippen molar-refractivity contribution in [3.8, 4) is 5.69 Å². The molecule has 118 valence electrons. The van der Waals surface area contributed by atoms with Crippen molar-refractivity contribution in [3.63, 3.8) is 0 Å². The molecular formula is C15H15N5O2S. The first-order chi connectivity index (χ1) is 11.1. The van der Waals surface area contributed by atoms with Crippen LogP contribution < -0.4 is 0 Å². The molecule has 7 nitrogen and oxygen atoms in total. The van der Waals surface area contributed by atoms with E-state index >= 15 is 0 Å². The van der Waals surface area contributed by atoms with Crippen LogP contribution in [-0.4, -0.2) is 39.4 Å². The summed E-state index contributed by atoms with van der Waals surface area (Å²) in [5.74, 6) is -0.376. The van der Waals surface area contributed by atoms with Crippen molar-refractivity contribution in [2.45, 2.75) is 18.0 Å². The fourth-order valence-corrected chi connectivity index (χ4v) is 3.81. The second kappa shape index (κ2) is 6.25. The van der Waals surface area contributed by atoms with Gasteiger partial charge in [0.25, 0.3) is 5.16 Å². The fraction of sp³-hybridized carbons (Fsp3) is 0.200. The monoisotopic (exact) mass is 329 g/mol. The molecule has 0 aliphatic carbocycles. The summed E-state index contributed by atoms with van der Waals surface area (Å²) in [6.07, 6.45) is 1.65. The first-order valence-corrected chi connectivity index (χ1v) is 8.70. The maximum Gasteiger partial charge on any atom is 0.272 e. The van der Waals surface area contributed by atoms with Crippen molar-refractivity contribution in [2.75, 3.05) is 5.75 Å². The molecule has 0 aliphatic rings. The van der Waals surface area contributed by atoms with Gasteiger partial charge in [-0.25, -0.2) is 8.42 Å². The van der Waals surface area contributed by atoms with Crippen molar-refractivity contribution < 1.29 is 8.42 Å². The van der Waals surface area contributed by atoms with Gasteiger partial charge in [0.1, 0.15) is 0 Å². The van der Waals surface area contributed by atoms with Gasteiger partial charge in [0.2, 0.25) is 9.84 Å². The molecule has 0 bridgehead atoms. The number of nitrogens with zero attached hydrogens (tertiary/aromatic N) is 5. The highest BCUT2D eigenvalue weighted by Gasteiger charge is 2.27. The molecule has 23 heavy (non-hydrogen) atoms. The Labute approximate surface area is 133 Å². The minimum absolute atomic E-state index is 0.114. The average molecular weight is 329 g/mol. The number of para-hydroxylation sites is 1. The number of rotatable bonds is 5. The summed E-state index contributed by atoms with van der Waals surface area (Å²) in [6.45, 7) is 1.82. The number of sulfone groups is 1. The average Bonchev–Trinajstić information content (AvgIpc) is 3.07. The molecule has 0 aliphatic heterocycles. The van der Waals surface area contributed by atoms with Gasteiger partial charge in [-0.3, -0.25) is 4.98 Å². The van der Waals surface area contributed by atoms with Crippen molar-refractivity contribution in [1.82, 2.24) is 25.2 Å². The molecule has 0 spiro atoms. The van der Waals surface area contributed by atoms with E-state index in [9.17, 15) is 8.42 Å². The van der Waals surface area contributed by atoms with Crippen LogP contribution in [0.5, 0.6) is 0 Å². The van der Waals surface area contributed by atoms with Crippen molar-refractivity contribution >= 4 is 9.84 Å². The van der Waals surface area contributed by atoms with Crippen LogP contribution in [0.2, 0.25) is 0 Å². The Morgan fingerprint density at radius 1 is 1.09 bits per heavy atom. The molecule has 1 atom stereocenters. The Bertz CT molecular complexity index is 879. The summed E-state index contributed by atoms with van der Waals surface area (Å²) >= 11 is 0. The molecule has 3 rings (SSSR count). The summed E-state index contributed by atoms with van der Waals surface area (Å²) in [6, 6.07) is 14.4. The molecule has 0 amide bonds. The van der Waals surface area contributed by atoms with Crippen LogP contribution in [0, 0.1) is 0 Å². The molecule has 0 saturated heterocycles. The van der Waals surface area contributed by atoms with Gasteiger partial charge in [-0.1, -0.05) is 36.3 Å². The quantitative estimate of drug-likeness (QED) is 0.706. The van der Waals surface area contributed by atoms with Crippen molar-refractivity contribution in [2.24, 2.45) is 0 Å². The third-order valence-corrected chi connectivity index (χ3v) is 5.13. The van der Waals surface area contributed by atoms with Crippen LogP contribution in [0.3, 0.4) is 0 Å². The minimum Gasteiger partial charge on any atom is -0.261 e. The zero-order valence-electron chi connectivity index (χ0n) is 12.4. The smallest absolute Gasteiger partial charge is 0.261 e. The van der Waals surface area contributed by atoms with Gasteiger partial charge < -0.3 is 0 Å². The number of tetrazole rings is 1. The topological polar surface area (TPSA) is 90.6 Å². The van der Waals surface area contributed by atoms with Crippen LogP contribution in [0.1, 0.15) is 18.5 Å². The van der Waals surface area contributed by atoms with Gasteiger partial charge in [0, 0.05) is 17.8 Å². The molecule has 0 unspecified atom stereocenters. The second-order valence-electron chi connectivity index (χ2n) is 5.15. The molecular weight excluding hydrogens is 314 g/mol. The van der Waals surface area contributed by atoms with Crippen molar-refractivity contribution in [3.05, 3.63) is 60.4 Å². The van der Waals surface area contributed by atoms with E-state index in [0.29, 0.717) is 5.69 Å². The maximum absolute atomic E-state index is 12.7. The summed E-state index contributed by atoms with van der Waals surface area (Å²) in [4.78, 5) is 4.20. The molecule has 1 aromatic carbocycles. The molecule has 0 saturated carbocycles. The van der Waals surface area contributed by atoms with Gasteiger partial charge in [0.15, 0.2) is 0 Å². The molecule has 2 heterocycles. The molecule has 0 fully saturated rings. The van der Waals surface area contributed by atoms with E-state index < -0.39 is 9.84 Å². The SMILES string of the molecule is C[C@H](CS(=O)(=O)c1nnnn1-c1ccccc1)c1ccccn1. The van der Waals surface area contributed by atoms with E-state index in [2.05, 4.69) is 20.5 Å². The van der Waals surface area contributed by atoms with Gasteiger partial charge in [-0.15, -0.1) is 0 Å². The Kier molecular flexibility index (Phi) is 4.16. The van der Waals surface area contributed by atoms with E-state index in [1.165, 1.54) is 4.68 Å². The third kappa shape index (κ3) is 3.26. The highest BCUT2D eigenvalue weighted by molar-refractivity contribution is 7.91. The molecule has 0 radical (unpaired) electrons. The largest absolute Gasteiger partial charge is 0.272 e. The summed E-state index contributed by atoms with van der Waals surface area (Å²) in [7, 11) is -3.66. The number of hydrogen-bond donors (Lipinski definition) is 0. The minimum atomic E-state index is -3.66. The normalized spacial score (nSPS) is 12.9. The summed E-state index contributed by atoms with van der Waals surface area (Å²) in [5, 5.41) is 10.9. The Hall–Kier alpha value is -2.61. The standard InChI is InChI=1S/C15H15N5O2S/c1-12(14-9-5-6-10-16-14)11-23(21,22)15-17-18-19-20(15)13-7-3-2-4-8-13/h2-10,12H,11H2,1H3/t12-/m1/s1. The predicted molar refractivity (Wildman–Crippen MR) is 83.9 cm³/mol.